The van der Waals surface area contributed by atoms with Crippen molar-refractivity contribution >= 4 is 0 Å². The van der Waals surface area contributed by atoms with E-state index < -0.39 is 0 Å². The van der Waals surface area contributed by atoms with Crippen LogP contribution in [0.3, 0.4) is 0 Å². The Morgan fingerprint density at radius 1 is 0.947 bits per heavy atom. The average molecular weight is 258 g/mol. The van der Waals surface area contributed by atoms with Gasteiger partial charge >= 0.3 is 0 Å². The lowest BCUT2D eigenvalue weighted by atomic mass is 10.2. The Bertz CT molecular complexity index is 480. The van der Waals surface area contributed by atoms with E-state index in [1.807, 2.05) is 50.3 Å². The molecule has 0 aromatic carbocycles. The van der Waals surface area contributed by atoms with Gasteiger partial charge in [-0.1, -0.05) is 0 Å². The third kappa shape index (κ3) is 3.91. The van der Waals surface area contributed by atoms with Crippen molar-refractivity contribution in [2.75, 3.05) is 0 Å². The van der Waals surface area contributed by atoms with Crippen molar-refractivity contribution in [3.05, 3.63) is 72.0 Å². The minimum atomic E-state index is 0.652. The molecule has 0 unspecified atom stereocenters. The molecule has 0 aliphatic carbocycles. The predicted octanol–water partition coefficient (Wildman–Crippen LogP) is 4.48. The molecule has 0 saturated carbocycles. The Morgan fingerprint density at radius 2 is 1.42 bits per heavy atom. The van der Waals surface area contributed by atoms with Gasteiger partial charge in [-0.15, -0.1) is 0 Å². The lowest BCUT2D eigenvalue weighted by molar-refractivity contribution is 0.275. The normalized spacial score (nSPS) is 12.7. The van der Waals surface area contributed by atoms with E-state index in [9.17, 15) is 0 Å². The molecular formula is C16H18O3. The number of rotatable bonds is 6. The van der Waals surface area contributed by atoms with E-state index in [0.717, 1.165) is 23.0 Å². The van der Waals surface area contributed by atoms with Crippen LogP contribution in [0, 0.1) is 0 Å². The lowest BCUT2D eigenvalue weighted by Gasteiger charge is -2.11. The summed E-state index contributed by atoms with van der Waals surface area (Å²) < 4.78 is 16.6. The van der Waals surface area contributed by atoms with Gasteiger partial charge in [-0.25, -0.2) is 0 Å². The van der Waals surface area contributed by atoms with E-state index in [-0.39, 0.29) is 0 Å². The van der Waals surface area contributed by atoms with E-state index >= 15 is 0 Å². The molecule has 0 aliphatic heterocycles. The first-order valence-corrected chi connectivity index (χ1v) is 6.34. The number of ether oxygens (including phenoxy) is 1. The quantitative estimate of drug-likeness (QED) is 0.716. The van der Waals surface area contributed by atoms with Crippen LogP contribution < -0.4 is 0 Å². The highest BCUT2D eigenvalue weighted by atomic mass is 16.5. The number of hydrogen-bond donors (Lipinski definition) is 0. The molecule has 2 rings (SSSR count). The molecule has 100 valence electrons. The number of hydrogen-bond acceptors (Lipinski definition) is 3. The van der Waals surface area contributed by atoms with Crippen LogP contribution in [0.2, 0.25) is 0 Å². The first-order chi connectivity index (χ1) is 9.31. The van der Waals surface area contributed by atoms with Gasteiger partial charge < -0.3 is 13.6 Å². The van der Waals surface area contributed by atoms with Gasteiger partial charge in [-0.3, -0.25) is 0 Å². The van der Waals surface area contributed by atoms with Crippen LogP contribution in [0.15, 0.2) is 69.3 Å². The van der Waals surface area contributed by atoms with Gasteiger partial charge in [-0.2, -0.15) is 0 Å². The highest BCUT2D eigenvalue weighted by molar-refractivity contribution is 5.13. The summed E-state index contributed by atoms with van der Waals surface area (Å²) in [5.41, 5.74) is 0. The third-order valence-corrected chi connectivity index (χ3v) is 2.76. The third-order valence-electron chi connectivity index (χ3n) is 2.76. The van der Waals surface area contributed by atoms with Crippen molar-refractivity contribution in [1.29, 1.82) is 0 Å². The summed E-state index contributed by atoms with van der Waals surface area (Å²) in [6, 6.07) is 7.63. The molecule has 3 nitrogen and oxygen atoms in total. The molecule has 0 aliphatic rings. The highest BCUT2D eigenvalue weighted by Gasteiger charge is 2.08. The van der Waals surface area contributed by atoms with Crippen LogP contribution in [-0.2, 0) is 17.6 Å². The first-order valence-electron chi connectivity index (χ1n) is 6.34. The molecule has 0 radical (unpaired) electrons. The fraction of sp³-hybridized carbons (Fsp3) is 0.250. The minimum absolute atomic E-state index is 0.652. The summed E-state index contributed by atoms with van der Waals surface area (Å²) in [7, 11) is 0. The summed E-state index contributed by atoms with van der Waals surface area (Å²) in [5.74, 6) is 3.52. The molecule has 2 heterocycles. The van der Waals surface area contributed by atoms with E-state index in [1.54, 1.807) is 12.5 Å². The molecule has 0 amide bonds. The summed E-state index contributed by atoms with van der Waals surface area (Å²) in [4.78, 5) is 0. The molecule has 19 heavy (non-hydrogen) atoms. The SMILES string of the molecule is CC=C(Cc1ccco1)OC(=CC)Cc1ccco1. The smallest absolute Gasteiger partial charge is 0.111 e. The maximum atomic E-state index is 5.90. The predicted molar refractivity (Wildman–Crippen MR) is 73.4 cm³/mol. The molecule has 2 aromatic heterocycles. The highest BCUT2D eigenvalue weighted by Crippen LogP contribution is 2.17. The maximum absolute atomic E-state index is 5.90. The summed E-state index contributed by atoms with van der Waals surface area (Å²) >= 11 is 0. The van der Waals surface area contributed by atoms with Crippen molar-refractivity contribution in [3.8, 4) is 0 Å². The van der Waals surface area contributed by atoms with Crippen LogP contribution >= 0.6 is 0 Å². The monoisotopic (exact) mass is 258 g/mol. The van der Waals surface area contributed by atoms with Gasteiger partial charge in [0.25, 0.3) is 0 Å². The van der Waals surface area contributed by atoms with Crippen molar-refractivity contribution in [1.82, 2.24) is 0 Å². The molecule has 2 aromatic rings. The zero-order chi connectivity index (χ0) is 13.5. The summed E-state index contributed by atoms with van der Waals surface area (Å²) in [6.45, 7) is 3.91. The standard InChI is InChI=1S/C16H18O3/c1-3-13(11-15-7-5-9-17-15)19-14(4-2)12-16-8-6-10-18-16/h3-10H,11-12H2,1-2H3. The van der Waals surface area contributed by atoms with Gasteiger partial charge in [0.2, 0.25) is 0 Å². The van der Waals surface area contributed by atoms with Gasteiger partial charge in [0.1, 0.15) is 23.0 Å². The van der Waals surface area contributed by atoms with Gasteiger partial charge in [0.15, 0.2) is 0 Å². The Kier molecular flexibility index (Phi) is 4.67. The van der Waals surface area contributed by atoms with E-state index in [2.05, 4.69) is 0 Å². The van der Waals surface area contributed by atoms with Crippen LogP contribution in [0.5, 0.6) is 0 Å². The largest absolute Gasteiger partial charge is 0.469 e. The Hall–Kier alpha value is -2.16. The fourth-order valence-corrected chi connectivity index (χ4v) is 1.73. The van der Waals surface area contributed by atoms with E-state index in [0.29, 0.717) is 12.8 Å². The molecule has 0 bridgehead atoms. The number of allylic oxidation sites excluding steroid dienone is 4. The minimum Gasteiger partial charge on any atom is -0.469 e. The van der Waals surface area contributed by atoms with Crippen molar-refractivity contribution in [3.63, 3.8) is 0 Å². The van der Waals surface area contributed by atoms with E-state index in [1.165, 1.54) is 0 Å². The van der Waals surface area contributed by atoms with Gasteiger partial charge in [0, 0.05) is 0 Å². The molecule has 0 saturated heterocycles. The number of furan rings is 2. The van der Waals surface area contributed by atoms with Crippen LogP contribution in [0.25, 0.3) is 0 Å². The topological polar surface area (TPSA) is 35.5 Å². The molecule has 0 fully saturated rings. The molecule has 3 heteroatoms. The van der Waals surface area contributed by atoms with Gasteiger partial charge in [-0.05, 0) is 50.3 Å². The summed E-state index contributed by atoms with van der Waals surface area (Å²) in [5, 5.41) is 0. The van der Waals surface area contributed by atoms with Crippen LogP contribution in [-0.4, -0.2) is 0 Å². The average Bonchev–Trinajstić information content (AvgIpc) is 3.10. The molecule has 0 spiro atoms. The first kappa shape index (κ1) is 13.3. The van der Waals surface area contributed by atoms with E-state index in [4.69, 9.17) is 13.6 Å². The zero-order valence-corrected chi connectivity index (χ0v) is 11.3. The lowest BCUT2D eigenvalue weighted by Crippen LogP contribution is -1.99. The second kappa shape index (κ2) is 6.69. The summed E-state index contributed by atoms with van der Waals surface area (Å²) in [6.07, 6.45) is 8.55. The Labute approximate surface area is 113 Å². The van der Waals surface area contributed by atoms with Crippen molar-refractivity contribution in [2.24, 2.45) is 0 Å². The Morgan fingerprint density at radius 3 is 1.74 bits per heavy atom. The van der Waals surface area contributed by atoms with Crippen LogP contribution in [0.1, 0.15) is 25.4 Å². The molecule has 0 N–H and O–H groups in total. The second-order valence-corrected chi connectivity index (χ2v) is 4.12. The van der Waals surface area contributed by atoms with Crippen LogP contribution in [0.4, 0.5) is 0 Å². The fourth-order valence-electron chi connectivity index (χ4n) is 1.73. The Balaban J connectivity index is 1.96. The maximum Gasteiger partial charge on any atom is 0.111 e. The second-order valence-electron chi connectivity index (χ2n) is 4.12. The van der Waals surface area contributed by atoms with Crippen molar-refractivity contribution < 1.29 is 13.6 Å². The van der Waals surface area contributed by atoms with Crippen molar-refractivity contribution in [2.45, 2.75) is 26.7 Å². The van der Waals surface area contributed by atoms with Gasteiger partial charge in [0.05, 0.1) is 25.4 Å². The molecular weight excluding hydrogens is 240 g/mol. The molecule has 0 atom stereocenters. The zero-order valence-electron chi connectivity index (χ0n) is 11.3.